The highest BCUT2D eigenvalue weighted by Gasteiger charge is 2.26. The highest BCUT2D eigenvalue weighted by molar-refractivity contribution is 5.92. The molecule has 4 heteroatoms. The van der Waals surface area contributed by atoms with Gasteiger partial charge in [-0.25, -0.2) is 0 Å². The lowest BCUT2D eigenvalue weighted by molar-refractivity contribution is -0.118. The lowest BCUT2D eigenvalue weighted by Crippen LogP contribution is -2.45. The Labute approximate surface area is 139 Å². The first-order chi connectivity index (χ1) is 10.6. The fourth-order valence-electron chi connectivity index (χ4n) is 2.87. The molecular formula is C19H29NO3. The summed E-state index contributed by atoms with van der Waals surface area (Å²) >= 11 is 0. The number of benzene rings is 1. The Morgan fingerprint density at radius 3 is 2.30 bits per heavy atom. The first kappa shape index (κ1) is 19.1. The predicted molar refractivity (Wildman–Crippen MR) is 94.9 cm³/mol. The molecule has 0 bridgehead atoms. The number of ether oxygens (including phenoxy) is 2. The van der Waals surface area contributed by atoms with Crippen LogP contribution in [0.1, 0.15) is 46.6 Å². The highest BCUT2D eigenvalue weighted by Crippen LogP contribution is 2.27. The van der Waals surface area contributed by atoms with E-state index in [2.05, 4.69) is 26.1 Å². The van der Waals surface area contributed by atoms with Crippen molar-refractivity contribution in [1.82, 2.24) is 5.32 Å². The number of carbonyl (C=O) groups is 1. The smallest absolute Gasteiger partial charge is 0.244 e. The minimum absolute atomic E-state index is 0.114. The van der Waals surface area contributed by atoms with Crippen LogP contribution in [0.5, 0.6) is 11.5 Å². The predicted octanol–water partition coefficient (Wildman–Crippen LogP) is 4.05. The lowest BCUT2D eigenvalue weighted by atomic mass is 9.82. The number of nitrogens with one attached hydrogen (secondary N) is 1. The van der Waals surface area contributed by atoms with Crippen molar-refractivity contribution in [2.45, 2.75) is 46.6 Å². The molecule has 0 radical (unpaired) electrons. The van der Waals surface area contributed by atoms with Gasteiger partial charge in [-0.15, -0.1) is 0 Å². The number of methoxy groups -OCH3 is 2. The summed E-state index contributed by atoms with van der Waals surface area (Å²) < 4.78 is 10.5. The summed E-state index contributed by atoms with van der Waals surface area (Å²) in [6, 6.07) is 5.49. The molecule has 0 aliphatic carbocycles. The Bertz CT molecular complexity index is 568. The summed E-state index contributed by atoms with van der Waals surface area (Å²) in [6.07, 6.45) is 4.18. The summed E-state index contributed by atoms with van der Waals surface area (Å²) in [4.78, 5) is 12.2. The average molecular weight is 319 g/mol. The first-order valence-electron chi connectivity index (χ1n) is 7.78. The molecule has 0 unspecified atom stereocenters. The van der Waals surface area contributed by atoms with Crippen LogP contribution in [0.2, 0.25) is 0 Å². The third-order valence-corrected chi connectivity index (χ3v) is 3.29. The monoisotopic (exact) mass is 319 g/mol. The molecule has 0 spiro atoms. The van der Waals surface area contributed by atoms with Crippen LogP contribution in [-0.2, 0) is 4.79 Å². The average Bonchev–Trinajstić information content (AvgIpc) is 2.41. The molecule has 1 aromatic carbocycles. The van der Waals surface area contributed by atoms with Gasteiger partial charge in [-0.1, -0.05) is 20.8 Å². The zero-order chi connectivity index (χ0) is 17.7. The number of hydrogen-bond donors (Lipinski definition) is 1. The second kappa shape index (κ2) is 7.53. The molecule has 23 heavy (non-hydrogen) atoms. The van der Waals surface area contributed by atoms with E-state index in [1.165, 1.54) is 6.08 Å². The van der Waals surface area contributed by atoms with Gasteiger partial charge in [0.15, 0.2) is 0 Å². The third kappa shape index (κ3) is 6.76. The molecule has 128 valence electrons. The molecule has 0 heterocycles. The maximum absolute atomic E-state index is 12.2. The summed E-state index contributed by atoms with van der Waals surface area (Å²) in [5, 5.41) is 3.05. The summed E-state index contributed by atoms with van der Waals surface area (Å²) in [5.74, 6) is 1.27. The van der Waals surface area contributed by atoms with Gasteiger partial charge in [0.2, 0.25) is 5.91 Å². The Morgan fingerprint density at radius 1 is 1.13 bits per heavy atom. The van der Waals surface area contributed by atoms with Gasteiger partial charge in [0.1, 0.15) is 11.5 Å². The van der Waals surface area contributed by atoms with Crippen LogP contribution in [0, 0.1) is 5.41 Å². The number of amides is 1. The van der Waals surface area contributed by atoms with Crippen LogP contribution in [-0.4, -0.2) is 25.7 Å². The zero-order valence-corrected chi connectivity index (χ0v) is 15.3. The molecular weight excluding hydrogens is 290 g/mol. The van der Waals surface area contributed by atoms with E-state index in [4.69, 9.17) is 9.47 Å². The number of rotatable bonds is 6. The summed E-state index contributed by atoms with van der Waals surface area (Å²) in [6.45, 7) is 10.6. The van der Waals surface area contributed by atoms with Gasteiger partial charge >= 0.3 is 0 Å². The van der Waals surface area contributed by atoms with Crippen molar-refractivity contribution in [1.29, 1.82) is 0 Å². The van der Waals surface area contributed by atoms with E-state index in [0.717, 1.165) is 17.7 Å². The van der Waals surface area contributed by atoms with E-state index in [1.54, 1.807) is 26.4 Å². The third-order valence-electron chi connectivity index (χ3n) is 3.29. The molecule has 1 aromatic rings. The standard InChI is InChI=1S/C19H29NO3/c1-18(2,3)13-19(4,5)20-17(21)11-9-14-8-10-15(22-6)12-16(14)23-7/h8-12H,13H2,1-7H3,(H,20,21)/b11-9+. The van der Waals surface area contributed by atoms with Crippen LogP contribution in [0.15, 0.2) is 24.3 Å². The fourth-order valence-corrected chi connectivity index (χ4v) is 2.87. The molecule has 0 atom stereocenters. The Hall–Kier alpha value is -1.97. The molecule has 1 rings (SSSR count). The van der Waals surface area contributed by atoms with Gasteiger partial charge < -0.3 is 14.8 Å². The summed E-state index contributed by atoms with van der Waals surface area (Å²) in [5.41, 5.74) is 0.723. The molecule has 1 N–H and O–H groups in total. The molecule has 0 fully saturated rings. The molecule has 0 aliphatic heterocycles. The van der Waals surface area contributed by atoms with Crippen molar-refractivity contribution >= 4 is 12.0 Å². The topological polar surface area (TPSA) is 47.6 Å². The van der Waals surface area contributed by atoms with Gasteiger partial charge in [0.05, 0.1) is 14.2 Å². The lowest BCUT2D eigenvalue weighted by Gasteiger charge is -2.32. The van der Waals surface area contributed by atoms with Crippen molar-refractivity contribution < 1.29 is 14.3 Å². The van der Waals surface area contributed by atoms with Gasteiger partial charge in [-0.05, 0) is 43.9 Å². The Morgan fingerprint density at radius 2 is 1.78 bits per heavy atom. The van der Waals surface area contributed by atoms with Gasteiger partial charge in [-0.3, -0.25) is 4.79 Å². The maximum atomic E-state index is 12.2. The van der Waals surface area contributed by atoms with Crippen LogP contribution in [0.25, 0.3) is 6.08 Å². The van der Waals surface area contributed by atoms with Crippen molar-refractivity contribution in [3.63, 3.8) is 0 Å². The van der Waals surface area contributed by atoms with E-state index in [0.29, 0.717) is 5.75 Å². The van der Waals surface area contributed by atoms with Crippen molar-refractivity contribution in [2.75, 3.05) is 14.2 Å². The maximum Gasteiger partial charge on any atom is 0.244 e. The number of hydrogen-bond acceptors (Lipinski definition) is 3. The zero-order valence-electron chi connectivity index (χ0n) is 15.3. The van der Waals surface area contributed by atoms with E-state index < -0.39 is 0 Å². The Kier molecular flexibility index (Phi) is 6.25. The fraction of sp³-hybridized carbons (Fsp3) is 0.526. The van der Waals surface area contributed by atoms with Crippen molar-refractivity contribution in [2.24, 2.45) is 5.41 Å². The van der Waals surface area contributed by atoms with Crippen LogP contribution < -0.4 is 14.8 Å². The molecule has 1 amide bonds. The first-order valence-corrected chi connectivity index (χ1v) is 7.78. The van der Waals surface area contributed by atoms with E-state index >= 15 is 0 Å². The summed E-state index contributed by atoms with van der Waals surface area (Å²) in [7, 11) is 3.20. The van der Waals surface area contributed by atoms with E-state index in [9.17, 15) is 4.79 Å². The highest BCUT2D eigenvalue weighted by atomic mass is 16.5. The van der Waals surface area contributed by atoms with Crippen LogP contribution in [0.3, 0.4) is 0 Å². The quantitative estimate of drug-likeness (QED) is 0.805. The minimum Gasteiger partial charge on any atom is -0.497 e. The van der Waals surface area contributed by atoms with E-state index in [-0.39, 0.29) is 16.9 Å². The number of carbonyl (C=O) groups excluding carboxylic acids is 1. The van der Waals surface area contributed by atoms with Gasteiger partial charge in [0.25, 0.3) is 0 Å². The van der Waals surface area contributed by atoms with Gasteiger partial charge in [-0.2, -0.15) is 0 Å². The second-order valence-corrected chi connectivity index (χ2v) is 7.55. The van der Waals surface area contributed by atoms with Gasteiger partial charge in [0, 0.05) is 23.2 Å². The largest absolute Gasteiger partial charge is 0.497 e. The molecule has 0 aromatic heterocycles. The van der Waals surface area contributed by atoms with Crippen LogP contribution in [0.4, 0.5) is 0 Å². The molecule has 0 saturated carbocycles. The minimum atomic E-state index is -0.260. The molecule has 0 aliphatic rings. The SMILES string of the molecule is COc1ccc(/C=C/C(=O)NC(C)(C)CC(C)(C)C)c(OC)c1. The normalized spacial score (nSPS) is 12.3. The van der Waals surface area contributed by atoms with E-state index in [1.807, 2.05) is 26.0 Å². The van der Waals surface area contributed by atoms with Crippen LogP contribution >= 0.6 is 0 Å². The molecule has 0 saturated heterocycles. The van der Waals surface area contributed by atoms with Crippen molar-refractivity contribution in [3.05, 3.63) is 29.8 Å². The Balaban J connectivity index is 2.79. The second-order valence-electron chi connectivity index (χ2n) is 7.55. The van der Waals surface area contributed by atoms with Crippen molar-refractivity contribution in [3.8, 4) is 11.5 Å². The molecule has 4 nitrogen and oxygen atoms in total.